The monoisotopic (exact) mass is 268 g/mol. The van der Waals surface area contributed by atoms with Gasteiger partial charge in [-0.2, -0.15) is 0 Å². The van der Waals surface area contributed by atoms with Gasteiger partial charge in [0.25, 0.3) is 0 Å². The predicted octanol–water partition coefficient (Wildman–Crippen LogP) is 0.804. The Bertz CT molecular complexity index is 520. The maximum atomic E-state index is 11.6. The smallest absolute Gasteiger partial charge is 0.175 e. The van der Waals surface area contributed by atoms with Crippen LogP contribution in [-0.4, -0.2) is 45.8 Å². The normalized spacial score (nSPS) is 17.9. The molecule has 0 atom stereocenters. The Hall–Kier alpha value is -0.910. The van der Waals surface area contributed by atoms with Gasteiger partial charge in [-0.05, 0) is 30.2 Å². The number of piperazine rings is 1. The molecule has 2 rings (SSSR count). The van der Waals surface area contributed by atoms with Gasteiger partial charge in [0.05, 0.1) is 4.90 Å². The van der Waals surface area contributed by atoms with E-state index < -0.39 is 9.84 Å². The summed E-state index contributed by atoms with van der Waals surface area (Å²) in [5.74, 6) is 0. The zero-order chi connectivity index (χ0) is 13.2. The Morgan fingerprint density at radius 1 is 1.28 bits per heavy atom. The summed E-state index contributed by atoms with van der Waals surface area (Å²) in [5.41, 5.74) is 2.26. The van der Waals surface area contributed by atoms with E-state index in [1.165, 1.54) is 6.26 Å². The molecule has 1 aliphatic heterocycles. The lowest BCUT2D eigenvalue weighted by atomic mass is 10.1. The molecule has 0 saturated carbocycles. The molecule has 1 aromatic carbocycles. The summed E-state index contributed by atoms with van der Waals surface area (Å²) in [4.78, 5) is 2.77. The fraction of sp³-hybridized carbons (Fsp3) is 0.538. The van der Waals surface area contributed by atoms with Gasteiger partial charge in [-0.15, -0.1) is 0 Å². The maximum Gasteiger partial charge on any atom is 0.175 e. The Balaban J connectivity index is 2.21. The molecule has 0 aromatic heterocycles. The number of sulfone groups is 1. The molecule has 0 unspecified atom stereocenters. The van der Waals surface area contributed by atoms with E-state index in [2.05, 4.69) is 10.2 Å². The molecule has 1 aromatic rings. The summed E-state index contributed by atoms with van der Waals surface area (Å²) in [6, 6.07) is 5.40. The molecule has 1 aliphatic rings. The van der Waals surface area contributed by atoms with Gasteiger partial charge in [-0.25, -0.2) is 8.42 Å². The number of nitrogens with one attached hydrogen (secondary N) is 1. The zero-order valence-corrected chi connectivity index (χ0v) is 11.8. The molecular weight excluding hydrogens is 248 g/mol. The molecule has 1 N–H and O–H groups in total. The third-order valence-corrected chi connectivity index (χ3v) is 4.46. The fourth-order valence-electron chi connectivity index (χ4n) is 2.16. The van der Waals surface area contributed by atoms with Crippen LogP contribution < -0.4 is 5.32 Å². The molecule has 100 valence electrons. The van der Waals surface area contributed by atoms with Gasteiger partial charge in [0.2, 0.25) is 0 Å². The molecule has 0 radical (unpaired) electrons. The van der Waals surface area contributed by atoms with Crippen LogP contribution in [0.3, 0.4) is 0 Å². The summed E-state index contributed by atoms with van der Waals surface area (Å²) in [6.07, 6.45) is 1.26. The van der Waals surface area contributed by atoms with E-state index in [4.69, 9.17) is 0 Å². The highest BCUT2D eigenvalue weighted by Crippen LogP contribution is 2.17. The Morgan fingerprint density at radius 3 is 2.56 bits per heavy atom. The minimum absolute atomic E-state index is 0.415. The van der Waals surface area contributed by atoms with Gasteiger partial charge in [-0.3, -0.25) is 4.90 Å². The predicted molar refractivity (Wildman–Crippen MR) is 72.4 cm³/mol. The number of benzene rings is 1. The van der Waals surface area contributed by atoms with Gasteiger partial charge < -0.3 is 5.32 Å². The van der Waals surface area contributed by atoms with Crippen LogP contribution in [0.25, 0.3) is 0 Å². The summed E-state index contributed by atoms with van der Waals surface area (Å²) >= 11 is 0. The van der Waals surface area contributed by atoms with Gasteiger partial charge in [0.15, 0.2) is 9.84 Å². The Morgan fingerprint density at radius 2 is 1.94 bits per heavy atom. The van der Waals surface area contributed by atoms with E-state index in [0.717, 1.165) is 43.9 Å². The number of rotatable bonds is 3. The zero-order valence-electron chi connectivity index (χ0n) is 10.9. The highest BCUT2D eigenvalue weighted by Gasteiger charge is 2.13. The quantitative estimate of drug-likeness (QED) is 0.881. The first-order valence-corrected chi connectivity index (χ1v) is 8.08. The lowest BCUT2D eigenvalue weighted by molar-refractivity contribution is 0.232. The first-order valence-electron chi connectivity index (χ1n) is 6.19. The average Bonchev–Trinajstić information content (AvgIpc) is 2.32. The van der Waals surface area contributed by atoms with Crippen molar-refractivity contribution in [3.63, 3.8) is 0 Å². The van der Waals surface area contributed by atoms with Crippen molar-refractivity contribution in [3.05, 3.63) is 29.3 Å². The van der Waals surface area contributed by atoms with E-state index in [1.807, 2.05) is 19.1 Å². The second-order valence-electron chi connectivity index (χ2n) is 4.89. The van der Waals surface area contributed by atoms with Crippen LogP contribution in [0.5, 0.6) is 0 Å². The molecule has 0 amide bonds. The minimum Gasteiger partial charge on any atom is -0.314 e. The molecule has 0 bridgehead atoms. The standard InChI is InChI=1S/C13H20N2O2S/c1-11-3-4-13(18(2,16)17)9-12(11)10-15-7-5-14-6-8-15/h3-4,9,14H,5-8,10H2,1-2H3. The van der Waals surface area contributed by atoms with Crippen LogP contribution in [-0.2, 0) is 16.4 Å². The number of aryl methyl sites for hydroxylation is 1. The summed E-state index contributed by atoms with van der Waals surface area (Å²) in [6.45, 7) is 6.90. The van der Waals surface area contributed by atoms with E-state index >= 15 is 0 Å². The summed E-state index contributed by atoms with van der Waals surface area (Å²) in [7, 11) is -3.11. The molecule has 18 heavy (non-hydrogen) atoms. The van der Waals surface area contributed by atoms with Crippen LogP contribution in [0.4, 0.5) is 0 Å². The summed E-state index contributed by atoms with van der Waals surface area (Å²) in [5, 5.41) is 3.31. The van der Waals surface area contributed by atoms with Crippen molar-refractivity contribution < 1.29 is 8.42 Å². The van der Waals surface area contributed by atoms with Gasteiger partial charge in [0, 0.05) is 39.0 Å². The second-order valence-corrected chi connectivity index (χ2v) is 6.90. The Labute approximate surface area is 109 Å². The van der Waals surface area contributed by atoms with Crippen molar-refractivity contribution in [1.29, 1.82) is 0 Å². The van der Waals surface area contributed by atoms with E-state index in [0.29, 0.717) is 4.90 Å². The van der Waals surface area contributed by atoms with Crippen LogP contribution in [0.15, 0.2) is 23.1 Å². The molecular formula is C13H20N2O2S. The molecule has 5 heteroatoms. The number of hydrogen-bond acceptors (Lipinski definition) is 4. The van der Waals surface area contributed by atoms with Crippen molar-refractivity contribution in [1.82, 2.24) is 10.2 Å². The minimum atomic E-state index is -3.11. The summed E-state index contributed by atoms with van der Waals surface area (Å²) < 4.78 is 23.1. The fourth-order valence-corrected chi connectivity index (χ4v) is 2.83. The molecule has 1 heterocycles. The SMILES string of the molecule is Cc1ccc(S(C)(=O)=O)cc1CN1CCNCC1. The largest absolute Gasteiger partial charge is 0.314 e. The number of hydrogen-bond donors (Lipinski definition) is 1. The van der Waals surface area contributed by atoms with Gasteiger partial charge >= 0.3 is 0 Å². The lowest BCUT2D eigenvalue weighted by Crippen LogP contribution is -2.43. The third-order valence-electron chi connectivity index (χ3n) is 3.35. The molecule has 4 nitrogen and oxygen atoms in total. The maximum absolute atomic E-state index is 11.6. The Kier molecular flexibility index (Phi) is 4.04. The molecule has 0 spiro atoms. The van der Waals surface area contributed by atoms with Crippen molar-refractivity contribution >= 4 is 9.84 Å². The van der Waals surface area contributed by atoms with Crippen molar-refractivity contribution in [3.8, 4) is 0 Å². The van der Waals surface area contributed by atoms with Crippen LogP contribution in [0.2, 0.25) is 0 Å². The first-order chi connectivity index (χ1) is 8.47. The molecule has 1 saturated heterocycles. The van der Waals surface area contributed by atoms with Crippen molar-refractivity contribution in [2.75, 3.05) is 32.4 Å². The van der Waals surface area contributed by atoms with Crippen molar-refractivity contribution in [2.24, 2.45) is 0 Å². The highest BCUT2D eigenvalue weighted by molar-refractivity contribution is 7.90. The first kappa shape index (κ1) is 13.5. The van der Waals surface area contributed by atoms with Crippen molar-refractivity contribution in [2.45, 2.75) is 18.4 Å². The van der Waals surface area contributed by atoms with Gasteiger partial charge in [-0.1, -0.05) is 6.07 Å². The van der Waals surface area contributed by atoms with Crippen LogP contribution >= 0.6 is 0 Å². The van der Waals surface area contributed by atoms with E-state index in [9.17, 15) is 8.42 Å². The van der Waals surface area contributed by atoms with Crippen LogP contribution in [0, 0.1) is 6.92 Å². The molecule has 0 aliphatic carbocycles. The highest BCUT2D eigenvalue weighted by atomic mass is 32.2. The molecule has 1 fully saturated rings. The lowest BCUT2D eigenvalue weighted by Gasteiger charge is -2.27. The van der Waals surface area contributed by atoms with Gasteiger partial charge in [0.1, 0.15) is 0 Å². The average molecular weight is 268 g/mol. The second kappa shape index (κ2) is 5.38. The topological polar surface area (TPSA) is 49.4 Å². The number of nitrogens with zero attached hydrogens (tertiary/aromatic N) is 1. The van der Waals surface area contributed by atoms with E-state index in [-0.39, 0.29) is 0 Å². The van der Waals surface area contributed by atoms with Crippen LogP contribution in [0.1, 0.15) is 11.1 Å². The third kappa shape index (κ3) is 3.31. The van der Waals surface area contributed by atoms with E-state index in [1.54, 1.807) is 6.07 Å².